The fourth-order valence-corrected chi connectivity index (χ4v) is 1.64. The Balaban J connectivity index is 2.20. The third-order valence-corrected chi connectivity index (χ3v) is 2.45. The molecule has 1 heterocycles. The van der Waals surface area contributed by atoms with Crippen molar-refractivity contribution >= 4 is 5.69 Å². The van der Waals surface area contributed by atoms with E-state index in [2.05, 4.69) is 5.32 Å². The van der Waals surface area contributed by atoms with Crippen LogP contribution in [0, 0.1) is 15.9 Å². The van der Waals surface area contributed by atoms with Gasteiger partial charge in [-0.1, -0.05) is 6.07 Å². The molecule has 1 atom stereocenters. The minimum Gasteiger partial charge on any atom is -0.486 e. The molecule has 0 saturated carbocycles. The van der Waals surface area contributed by atoms with Gasteiger partial charge < -0.3 is 10.1 Å². The first kappa shape index (κ1) is 10.8. The van der Waals surface area contributed by atoms with E-state index in [0.29, 0.717) is 6.54 Å². The number of hydrogen-bond acceptors (Lipinski definition) is 4. The van der Waals surface area contributed by atoms with Gasteiger partial charge in [0.2, 0.25) is 5.82 Å². The van der Waals surface area contributed by atoms with Crippen LogP contribution in [-0.2, 0) is 0 Å². The standard InChI is InChI=1S/C10H11FN2O3/c11-10-8(13(14)15)2-1-3-9(10)16-7-4-5-12-6-7/h1-3,7,12H,4-6H2. The SMILES string of the molecule is O=[N+]([O-])c1cccc(OC2CCNC2)c1F. The van der Waals surface area contributed by atoms with E-state index in [9.17, 15) is 14.5 Å². The van der Waals surface area contributed by atoms with Crippen LogP contribution < -0.4 is 10.1 Å². The molecule has 1 fully saturated rings. The summed E-state index contributed by atoms with van der Waals surface area (Å²) >= 11 is 0. The van der Waals surface area contributed by atoms with Crippen LogP contribution in [0.5, 0.6) is 5.75 Å². The van der Waals surface area contributed by atoms with Crippen molar-refractivity contribution in [2.75, 3.05) is 13.1 Å². The maximum absolute atomic E-state index is 13.6. The maximum atomic E-state index is 13.6. The molecule has 86 valence electrons. The van der Waals surface area contributed by atoms with Crippen LogP contribution in [-0.4, -0.2) is 24.1 Å². The largest absolute Gasteiger partial charge is 0.486 e. The number of benzene rings is 1. The number of nitro benzene ring substituents is 1. The van der Waals surface area contributed by atoms with Crippen molar-refractivity contribution in [1.82, 2.24) is 5.32 Å². The third-order valence-electron chi connectivity index (χ3n) is 2.45. The quantitative estimate of drug-likeness (QED) is 0.626. The second-order valence-electron chi connectivity index (χ2n) is 3.58. The monoisotopic (exact) mass is 226 g/mol. The fourth-order valence-electron chi connectivity index (χ4n) is 1.64. The van der Waals surface area contributed by atoms with Gasteiger partial charge in [0.1, 0.15) is 6.10 Å². The zero-order valence-electron chi connectivity index (χ0n) is 8.48. The molecule has 0 bridgehead atoms. The Morgan fingerprint density at radius 1 is 1.56 bits per heavy atom. The Bertz CT molecular complexity index is 405. The lowest BCUT2D eigenvalue weighted by Gasteiger charge is -2.12. The van der Waals surface area contributed by atoms with E-state index >= 15 is 0 Å². The van der Waals surface area contributed by atoms with Crippen molar-refractivity contribution in [2.45, 2.75) is 12.5 Å². The van der Waals surface area contributed by atoms with Gasteiger partial charge in [-0.15, -0.1) is 0 Å². The van der Waals surface area contributed by atoms with Gasteiger partial charge in [-0.05, 0) is 19.0 Å². The van der Waals surface area contributed by atoms with Crippen LogP contribution >= 0.6 is 0 Å². The summed E-state index contributed by atoms with van der Waals surface area (Å²) in [7, 11) is 0. The smallest absolute Gasteiger partial charge is 0.308 e. The van der Waals surface area contributed by atoms with Gasteiger partial charge in [-0.2, -0.15) is 4.39 Å². The normalized spacial score (nSPS) is 19.7. The average Bonchev–Trinajstić information content (AvgIpc) is 2.73. The molecule has 0 spiro atoms. The molecular formula is C10H11FN2O3. The highest BCUT2D eigenvalue weighted by atomic mass is 19.1. The number of nitrogens with zero attached hydrogens (tertiary/aromatic N) is 1. The highest BCUT2D eigenvalue weighted by molar-refractivity contribution is 5.40. The lowest BCUT2D eigenvalue weighted by molar-refractivity contribution is -0.387. The van der Waals surface area contributed by atoms with Crippen molar-refractivity contribution in [3.63, 3.8) is 0 Å². The van der Waals surface area contributed by atoms with Crippen LogP contribution in [0.15, 0.2) is 18.2 Å². The Kier molecular flexibility index (Phi) is 3.00. The molecule has 6 heteroatoms. The zero-order valence-corrected chi connectivity index (χ0v) is 8.48. The molecule has 0 aliphatic carbocycles. The van der Waals surface area contributed by atoms with E-state index in [-0.39, 0.29) is 11.9 Å². The second-order valence-corrected chi connectivity index (χ2v) is 3.58. The topological polar surface area (TPSA) is 64.4 Å². The predicted molar refractivity (Wildman–Crippen MR) is 55.0 cm³/mol. The molecule has 1 aromatic carbocycles. The Morgan fingerprint density at radius 3 is 3.00 bits per heavy atom. The van der Waals surface area contributed by atoms with Crippen LogP contribution in [0.3, 0.4) is 0 Å². The van der Waals surface area contributed by atoms with Crippen LogP contribution in [0.2, 0.25) is 0 Å². The number of nitrogens with one attached hydrogen (secondary N) is 1. The highest BCUT2D eigenvalue weighted by Crippen LogP contribution is 2.27. The van der Waals surface area contributed by atoms with Crippen molar-refractivity contribution in [3.8, 4) is 5.75 Å². The molecule has 1 aliphatic rings. The molecule has 1 N–H and O–H groups in total. The number of hydrogen-bond donors (Lipinski definition) is 1. The number of halogens is 1. The summed E-state index contributed by atoms with van der Waals surface area (Å²) in [5.41, 5.74) is -0.552. The van der Waals surface area contributed by atoms with Crippen LogP contribution in [0.25, 0.3) is 0 Å². The molecule has 0 amide bonds. The summed E-state index contributed by atoms with van der Waals surface area (Å²) in [4.78, 5) is 9.75. The van der Waals surface area contributed by atoms with Crippen molar-refractivity contribution < 1.29 is 14.1 Å². The van der Waals surface area contributed by atoms with Gasteiger partial charge in [-0.25, -0.2) is 0 Å². The van der Waals surface area contributed by atoms with E-state index < -0.39 is 16.4 Å². The summed E-state index contributed by atoms with van der Waals surface area (Å²) < 4.78 is 18.9. The van der Waals surface area contributed by atoms with E-state index in [1.165, 1.54) is 12.1 Å². The fraction of sp³-hybridized carbons (Fsp3) is 0.400. The Morgan fingerprint density at radius 2 is 2.38 bits per heavy atom. The summed E-state index contributed by atoms with van der Waals surface area (Å²) in [6.45, 7) is 1.46. The lowest BCUT2D eigenvalue weighted by Crippen LogP contribution is -2.20. The number of nitro groups is 1. The van der Waals surface area contributed by atoms with Gasteiger partial charge >= 0.3 is 5.69 Å². The van der Waals surface area contributed by atoms with Crippen molar-refractivity contribution in [1.29, 1.82) is 0 Å². The molecule has 5 nitrogen and oxygen atoms in total. The van der Waals surface area contributed by atoms with Crippen LogP contribution in [0.1, 0.15) is 6.42 Å². The molecule has 2 rings (SSSR count). The van der Waals surface area contributed by atoms with Gasteiger partial charge in [0.25, 0.3) is 0 Å². The summed E-state index contributed by atoms with van der Waals surface area (Å²) in [6, 6.07) is 3.94. The Labute approximate surface area is 91.4 Å². The summed E-state index contributed by atoms with van der Waals surface area (Å²) in [5, 5.41) is 13.6. The van der Waals surface area contributed by atoms with E-state index in [1.807, 2.05) is 0 Å². The molecule has 16 heavy (non-hydrogen) atoms. The highest BCUT2D eigenvalue weighted by Gasteiger charge is 2.22. The lowest BCUT2D eigenvalue weighted by atomic mass is 10.2. The van der Waals surface area contributed by atoms with Crippen LogP contribution in [0.4, 0.5) is 10.1 Å². The first-order valence-electron chi connectivity index (χ1n) is 4.99. The molecule has 1 aromatic rings. The van der Waals surface area contributed by atoms with Crippen molar-refractivity contribution in [3.05, 3.63) is 34.1 Å². The molecule has 1 unspecified atom stereocenters. The first-order chi connectivity index (χ1) is 7.68. The molecule has 1 aliphatic heterocycles. The maximum Gasteiger partial charge on any atom is 0.308 e. The van der Waals surface area contributed by atoms with Gasteiger partial charge in [0.15, 0.2) is 5.75 Å². The first-order valence-corrected chi connectivity index (χ1v) is 4.99. The average molecular weight is 226 g/mol. The predicted octanol–water partition coefficient (Wildman–Crippen LogP) is 1.47. The second kappa shape index (κ2) is 4.44. The number of rotatable bonds is 3. The van der Waals surface area contributed by atoms with E-state index in [0.717, 1.165) is 19.0 Å². The van der Waals surface area contributed by atoms with Gasteiger partial charge in [0, 0.05) is 12.6 Å². The number of ether oxygens (including phenoxy) is 1. The van der Waals surface area contributed by atoms with Gasteiger partial charge in [-0.3, -0.25) is 10.1 Å². The molecule has 0 aromatic heterocycles. The molecule has 1 saturated heterocycles. The third kappa shape index (κ3) is 2.11. The summed E-state index contributed by atoms with van der Waals surface area (Å²) in [5.74, 6) is -0.956. The van der Waals surface area contributed by atoms with Gasteiger partial charge in [0.05, 0.1) is 4.92 Å². The summed E-state index contributed by atoms with van der Waals surface area (Å²) in [6.07, 6.45) is 0.666. The Hall–Kier alpha value is -1.69. The van der Waals surface area contributed by atoms with E-state index in [4.69, 9.17) is 4.74 Å². The molecule has 0 radical (unpaired) electrons. The van der Waals surface area contributed by atoms with Crippen molar-refractivity contribution in [2.24, 2.45) is 0 Å². The van der Waals surface area contributed by atoms with E-state index in [1.54, 1.807) is 0 Å². The minimum absolute atomic E-state index is 0.0529. The molecular weight excluding hydrogens is 215 g/mol. The zero-order chi connectivity index (χ0) is 11.5. The minimum atomic E-state index is -0.903.